The molecule has 0 radical (unpaired) electrons. The van der Waals surface area contributed by atoms with Crippen molar-refractivity contribution in [2.45, 2.75) is 0 Å². The fourth-order valence-corrected chi connectivity index (χ4v) is 2.22. The van der Waals surface area contributed by atoms with E-state index in [9.17, 15) is 4.79 Å². The van der Waals surface area contributed by atoms with Crippen LogP contribution in [0.5, 0.6) is 10.8 Å². The van der Waals surface area contributed by atoms with Gasteiger partial charge in [-0.15, -0.1) is 0 Å². The Labute approximate surface area is 96.4 Å². The van der Waals surface area contributed by atoms with E-state index in [1.54, 1.807) is 13.2 Å². The zero-order chi connectivity index (χ0) is 11.5. The van der Waals surface area contributed by atoms with Gasteiger partial charge in [-0.1, -0.05) is 11.3 Å². The molecule has 5 heteroatoms. The van der Waals surface area contributed by atoms with Crippen LogP contribution in [0.4, 0.5) is 4.79 Å². The predicted molar refractivity (Wildman–Crippen MR) is 61.4 cm³/mol. The smallest absolute Gasteiger partial charge is 0.497 e. The van der Waals surface area contributed by atoms with Gasteiger partial charge in [0.2, 0.25) is 0 Å². The molecular formula is C11H10O4S. The molecular weight excluding hydrogens is 228 g/mol. The molecule has 0 unspecified atom stereocenters. The van der Waals surface area contributed by atoms with Gasteiger partial charge in [0, 0.05) is 10.8 Å². The average molecular weight is 238 g/mol. The number of thiophene rings is 1. The maximum Gasteiger partial charge on any atom is 0.514 e. The summed E-state index contributed by atoms with van der Waals surface area (Å²) in [6, 6.07) is 7.45. The highest BCUT2D eigenvalue weighted by Gasteiger charge is 2.08. The molecule has 0 aliphatic rings. The van der Waals surface area contributed by atoms with Crippen molar-refractivity contribution in [1.82, 2.24) is 0 Å². The third-order valence-electron chi connectivity index (χ3n) is 2.06. The number of ether oxygens (including phenoxy) is 3. The monoisotopic (exact) mass is 238 g/mol. The van der Waals surface area contributed by atoms with E-state index in [-0.39, 0.29) is 0 Å². The lowest BCUT2D eigenvalue weighted by Gasteiger charge is -1.97. The van der Waals surface area contributed by atoms with Gasteiger partial charge in [0.25, 0.3) is 0 Å². The highest BCUT2D eigenvalue weighted by molar-refractivity contribution is 7.20. The molecule has 0 bridgehead atoms. The van der Waals surface area contributed by atoms with Crippen molar-refractivity contribution in [3.05, 3.63) is 24.3 Å². The van der Waals surface area contributed by atoms with Crippen molar-refractivity contribution in [2.24, 2.45) is 0 Å². The molecule has 1 heterocycles. The Hall–Kier alpha value is -1.75. The zero-order valence-electron chi connectivity index (χ0n) is 8.85. The van der Waals surface area contributed by atoms with E-state index >= 15 is 0 Å². The molecule has 0 spiro atoms. The summed E-state index contributed by atoms with van der Waals surface area (Å²) >= 11 is 1.37. The lowest BCUT2D eigenvalue weighted by Crippen LogP contribution is -2.05. The van der Waals surface area contributed by atoms with Gasteiger partial charge in [-0.3, -0.25) is 0 Å². The second kappa shape index (κ2) is 4.40. The number of carbonyl (C=O) groups is 1. The lowest BCUT2D eigenvalue weighted by molar-refractivity contribution is 0.123. The van der Waals surface area contributed by atoms with E-state index in [1.807, 2.05) is 18.2 Å². The van der Waals surface area contributed by atoms with Crippen molar-refractivity contribution in [2.75, 3.05) is 14.2 Å². The highest BCUT2D eigenvalue weighted by atomic mass is 32.1. The standard InChI is InChI=1S/C11H10O4S/c1-13-8-4-3-7-5-10(15-11(12)14-2)16-9(7)6-8/h3-6H,1-2H3. The van der Waals surface area contributed by atoms with Gasteiger partial charge in [0.05, 0.1) is 14.2 Å². The molecule has 0 N–H and O–H groups in total. The lowest BCUT2D eigenvalue weighted by atomic mass is 10.2. The SMILES string of the molecule is COC(=O)Oc1cc2ccc(OC)cc2s1. The topological polar surface area (TPSA) is 44.8 Å². The molecule has 4 nitrogen and oxygen atoms in total. The summed E-state index contributed by atoms with van der Waals surface area (Å²) in [5.74, 6) is 0.777. The van der Waals surface area contributed by atoms with E-state index in [1.165, 1.54) is 18.4 Å². The van der Waals surface area contributed by atoms with Crippen molar-refractivity contribution in [3.63, 3.8) is 0 Å². The van der Waals surface area contributed by atoms with Gasteiger partial charge in [0.15, 0.2) is 5.06 Å². The van der Waals surface area contributed by atoms with E-state index in [0.717, 1.165) is 15.8 Å². The van der Waals surface area contributed by atoms with Crippen LogP contribution in [-0.2, 0) is 4.74 Å². The Morgan fingerprint density at radius 3 is 2.75 bits per heavy atom. The number of carbonyl (C=O) groups excluding carboxylic acids is 1. The number of methoxy groups -OCH3 is 2. The number of fused-ring (bicyclic) bond motifs is 1. The van der Waals surface area contributed by atoms with E-state index < -0.39 is 6.16 Å². The van der Waals surface area contributed by atoms with Crippen LogP contribution in [0.15, 0.2) is 24.3 Å². The summed E-state index contributed by atoms with van der Waals surface area (Å²) in [5, 5.41) is 1.51. The maximum atomic E-state index is 10.9. The summed E-state index contributed by atoms with van der Waals surface area (Å²) in [7, 11) is 2.89. The third-order valence-corrected chi connectivity index (χ3v) is 3.03. The quantitative estimate of drug-likeness (QED) is 0.754. The predicted octanol–water partition coefficient (Wildman–Crippen LogP) is 3.06. The van der Waals surface area contributed by atoms with Crippen molar-refractivity contribution in [1.29, 1.82) is 0 Å². The molecule has 0 aliphatic heterocycles. The Kier molecular flexibility index (Phi) is 2.96. The second-order valence-electron chi connectivity index (χ2n) is 3.03. The molecule has 0 saturated carbocycles. The van der Waals surface area contributed by atoms with Crippen LogP contribution in [-0.4, -0.2) is 20.4 Å². The molecule has 16 heavy (non-hydrogen) atoms. The first-order chi connectivity index (χ1) is 7.72. The van der Waals surface area contributed by atoms with Gasteiger partial charge < -0.3 is 14.2 Å². The Morgan fingerprint density at radius 1 is 1.25 bits per heavy atom. The summed E-state index contributed by atoms with van der Waals surface area (Å²) in [6.07, 6.45) is -0.710. The molecule has 1 aromatic heterocycles. The minimum Gasteiger partial charge on any atom is -0.497 e. The molecule has 0 amide bonds. The molecule has 2 aromatic rings. The Morgan fingerprint density at radius 2 is 2.06 bits per heavy atom. The molecule has 0 atom stereocenters. The van der Waals surface area contributed by atoms with Crippen LogP contribution in [0.2, 0.25) is 0 Å². The van der Waals surface area contributed by atoms with Crippen molar-refractivity contribution >= 4 is 27.6 Å². The summed E-state index contributed by atoms with van der Waals surface area (Å²) in [4.78, 5) is 10.9. The largest absolute Gasteiger partial charge is 0.514 e. The Balaban J connectivity index is 2.32. The van der Waals surface area contributed by atoms with Gasteiger partial charge in [-0.2, -0.15) is 0 Å². The summed E-state index contributed by atoms with van der Waals surface area (Å²) in [5.41, 5.74) is 0. The summed E-state index contributed by atoms with van der Waals surface area (Å²) < 4.78 is 15.5. The molecule has 0 saturated heterocycles. The molecule has 2 rings (SSSR count). The zero-order valence-corrected chi connectivity index (χ0v) is 9.67. The van der Waals surface area contributed by atoms with Crippen LogP contribution in [0.3, 0.4) is 0 Å². The first kappa shape index (κ1) is 10.8. The first-order valence-corrected chi connectivity index (χ1v) is 5.38. The van der Waals surface area contributed by atoms with Gasteiger partial charge in [-0.05, 0) is 23.6 Å². The van der Waals surface area contributed by atoms with Gasteiger partial charge in [-0.25, -0.2) is 4.79 Å². The van der Waals surface area contributed by atoms with E-state index in [0.29, 0.717) is 5.06 Å². The van der Waals surface area contributed by atoms with E-state index in [2.05, 4.69) is 4.74 Å². The van der Waals surface area contributed by atoms with E-state index in [4.69, 9.17) is 9.47 Å². The highest BCUT2D eigenvalue weighted by Crippen LogP contribution is 2.34. The molecule has 1 aromatic carbocycles. The van der Waals surface area contributed by atoms with Crippen LogP contribution in [0.1, 0.15) is 0 Å². The van der Waals surface area contributed by atoms with Crippen LogP contribution in [0, 0.1) is 0 Å². The average Bonchev–Trinajstić information content (AvgIpc) is 2.69. The third kappa shape index (κ3) is 2.09. The molecule has 0 fully saturated rings. The number of hydrogen-bond acceptors (Lipinski definition) is 5. The van der Waals surface area contributed by atoms with Crippen LogP contribution >= 0.6 is 11.3 Å². The first-order valence-electron chi connectivity index (χ1n) is 4.56. The number of hydrogen-bond donors (Lipinski definition) is 0. The van der Waals surface area contributed by atoms with Crippen LogP contribution in [0.25, 0.3) is 10.1 Å². The van der Waals surface area contributed by atoms with Crippen LogP contribution < -0.4 is 9.47 Å². The van der Waals surface area contributed by atoms with Gasteiger partial charge >= 0.3 is 6.16 Å². The molecule has 0 aliphatic carbocycles. The number of benzene rings is 1. The Bertz CT molecular complexity index is 518. The fraction of sp³-hybridized carbons (Fsp3) is 0.182. The molecule has 84 valence electrons. The van der Waals surface area contributed by atoms with Gasteiger partial charge in [0.1, 0.15) is 5.75 Å². The van der Waals surface area contributed by atoms with Crippen molar-refractivity contribution in [3.8, 4) is 10.8 Å². The number of rotatable bonds is 2. The van der Waals surface area contributed by atoms with Crippen molar-refractivity contribution < 1.29 is 19.0 Å². The fourth-order valence-electron chi connectivity index (χ4n) is 1.29. The summed E-state index contributed by atoms with van der Waals surface area (Å²) in [6.45, 7) is 0. The second-order valence-corrected chi connectivity index (χ2v) is 4.07. The minimum atomic E-state index is -0.710. The normalized spacial score (nSPS) is 10.1. The maximum absolute atomic E-state index is 10.9. The minimum absolute atomic E-state index is 0.509.